The van der Waals surface area contributed by atoms with Gasteiger partial charge in [-0.1, -0.05) is 57.8 Å². The third kappa shape index (κ3) is 4.63. The zero-order valence-electron chi connectivity index (χ0n) is 16.0. The van der Waals surface area contributed by atoms with Crippen molar-refractivity contribution < 1.29 is 25.2 Å². The van der Waals surface area contributed by atoms with Gasteiger partial charge in [0, 0.05) is 15.7 Å². The molecule has 0 N–H and O–H groups in total. The van der Waals surface area contributed by atoms with E-state index in [1.807, 2.05) is 0 Å². The first-order valence-corrected chi connectivity index (χ1v) is 13.8. The Hall–Kier alpha value is 0.0500. The quantitative estimate of drug-likeness (QED) is 0.463. The van der Waals surface area contributed by atoms with Crippen molar-refractivity contribution >= 4 is 20.4 Å². The summed E-state index contributed by atoms with van der Waals surface area (Å²) >= 11 is 0. The highest BCUT2D eigenvalue weighted by atomic mass is 32.3. The van der Waals surface area contributed by atoms with Gasteiger partial charge < -0.3 is 0 Å². The molecule has 0 atom stereocenters. The van der Waals surface area contributed by atoms with Crippen LogP contribution in [0.25, 0.3) is 0 Å². The fourth-order valence-corrected chi connectivity index (χ4v) is 13.2. The highest BCUT2D eigenvalue weighted by Gasteiger charge is 2.56. The average molecular weight is 431 g/mol. The standard InChI is InChI=1S/C19H33F3O3S2/c20-19(21,22)27(23,24)25-26(16-10-4-1-5-11-16,17-12-6-2-7-13-17)18-14-8-3-9-15-18/h16-18H,1-15H2. The fraction of sp³-hybridized carbons (Fsp3) is 1.00. The Morgan fingerprint density at radius 3 is 1.15 bits per heavy atom. The van der Waals surface area contributed by atoms with Crippen LogP contribution in [0.5, 0.6) is 0 Å². The van der Waals surface area contributed by atoms with Crippen molar-refractivity contribution in [2.75, 3.05) is 0 Å². The number of halogens is 3. The Morgan fingerprint density at radius 2 is 0.889 bits per heavy atom. The maximum Gasteiger partial charge on any atom is 0.523 e. The lowest BCUT2D eigenvalue weighted by molar-refractivity contribution is -0.0497. The van der Waals surface area contributed by atoms with E-state index in [9.17, 15) is 21.6 Å². The van der Waals surface area contributed by atoms with E-state index in [0.717, 1.165) is 96.3 Å². The van der Waals surface area contributed by atoms with Crippen molar-refractivity contribution in [2.24, 2.45) is 0 Å². The summed E-state index contributed by atoms with van der Waals surface area (Å²) in [5, 5.41) is 0.0266. The lowest BCUT2D eigenvalue weighted by Crippen LogP contribution is -2.44. The van der Waals surface area contributed by atoms with Gasteiger partial charge in [-0.05, 0) is 38.5 Å². The molecule has 0 unspecified atom stereocenters. The van der Waals surface area contributed by atoms with E-state index in [2.05, 4.69) is 0 Å². The summed E-state index contributed by atoms with van der Waals surface area (Å²) in [6.45, 7) is 0. The molecule has 0 aliphatic heterocycles. The molecule has 3 fully saturated rings. The van der Waals surface area contributed by atoms with E-state index >= 15 is 0 Å². The molecular formula is C19H33F3O3S2. The Bertz CT molecular complexity index is 528. The summed E-state index contributed by atoms with van der Waals surface area (Å²) in [5.74, 6) is 0. The average Bonchev–Trinajstić information content (AvgIpc) is 2.67. The summed E-state index contributed by atoms with van der Waals surface area (Å²) in [6.07, 6.45) is 14.1. The normalized spacial score (nSPS) is 26.2. The van der Waals surface area contributed by atoms with Gasteiger partial charge >= 0.3 is 15.6 Å². The third-order valence-corrected chi connectivity index (χ3v) is 13.5. The van der Waals surface area contributed by atoms with Gasteiger partial charge in [0.15, 0.2) is 0 Å². The second-order valence-electron chi connectivity index (χ2n) is 8.44. The predicted molar refractivity (Wildman–Crippen MR) is 104 cm³/mol. The van der Waals surface area contributed by atoms with Crippen molar-refractivity contribution in [3.63, 3.8) is 0 Å². The zero-order valence-corrected chi connectivity index (χ0v) is 17.6. The Balaban J connectivity index is 2.04. The van der Waals surface area contributed by atoms with Crippen LogP contribution in [-0.2, 0) is 13.7 Å². The van der Waals surface area contributed by atoms with Crippen LogP contribution in [0.4, 0.5) is 13.2 Å². The lowest BCUT2D eigenvalue weighted by Gasteiger charge is -2.57. The number of hydrogen-bond acceptors (Lipinski definition) is 3. The molecular weight excluding hydrogens is 397 g/mol. The fourth-order valence-electron chi connectivity index (χ4n) is 5.48. The number of hydrogen-bond donors (Lipinski definition) is 0. The van der Waals surface area contributed by atoms with Gasteiger partial charge in [-0.25, -0.2) is 3.63 Å². The topological polar surface area (TPSA) is 43.4 Å². The van der Waals surface area contributed by atoms with Gasteiger partial charge in [-0.2, -0.15) is 21.6 Å². The molecule has 3 saturated carbocycles. The Kier molecular flexibility index (Phi) is 7.11. The lowest BCUT2D eigenvalue weighted by atomic mass is 9.99. The summed E-state index contributed by atoms with van der Waals surface area (Å²) in [6, 6.07) is 0. The SMILES string of the molecule is O=S(=O)(OS(C1CCCCC1)(C1CCCCC1)C1CCCCC1)C(F)(F)F. The summed E-state index contributed by atoms with van der Waals surface area (Å²) < 4.78 is 70.2. The van der Waals surface area contributed by atoms with Crippen LogP contribution in [0.15, 0.2) is 0 Å². The Morgan fingerprint density at radius 1 is 0.593 bits per heavy atom. The molecule has 3 aliphatic rings. The van der Waals surface area contributed by atoms with Crippen molar-refractivity contribution in [1.82, 2.24) is 0 Å². The highest BCUT2D eigenvalue weighted by Crippen LogP contribution is 2.71. The minimum absolute atomic E-state index is 0.00887. The van der Waals surface area contributed by atoms with Crippen LogP contribution in [0.1, 0.15) is 96.3 Å². The summed E-state index contributed by atoms with van der Waals surface area (Å²) in [7, 11) is -7.92. The van der Waals surface area contributed by atoms with Crippen LogP contribution in [0.2, 0.25) is 0 Å². The molecule has 0 saturated heterocycles. The van der Waals surface area contributed by atoms with Crippen molar-refractivity contribution in [3.05, 3.63) is 0 Å². The van der Waals surface area contributed by atoms with Gasteiger partial charge in [0.1, 0.15) is 0 Å². The Labute approximate surface area is 163 Å². The molecule has 0 heterocycles. The van der Waals surface area contributed by atoms with Gasteiger partial charge in [0.25, 0.3) is 0 Å². The molecule has 3 nitrogen and oxygen atoms in total. The minimum Gasteiger partial charge on any atom is -0.212 e. The third-order valence-electron chi connectivity index (χ3n) is 6.71. The van der Waals surface area contributed by atoms with Crippen molar-refractivity contribution in [2.45, 2.75) is 118 Å². The van der Waals surface area contributed by atoms with Crippen molar-refractivity contribution in [1.29, 1.82) is 0 Å². The van der Waals surface area contributed by atoms with E-state index in [0.29, 0.717) is 0 Å². The van der Waals surface area contributed by atoms with Gasteiger partial charge in [-0.3, -0.25) is 0 Å². The van der Waals surface area contributed by atoms with E-state index in [-0.39, 0.29) is 15.7 Å². The van der Waals surface area contributed by atoms with Gasteiger partial charge in [0.2, 0.25) is 0 Å². The molecule has 0 radical (unpaired) electrons. The molecule has 160 valence electrons. The van der Waals surface area contributed by atoms with Crippen molar-refractivity contribution in [3.8, 4) is 0 Å². The minimum atomic E-state index is -5.57. The first-order chi connectivity index (χ1) is 12.8. The molecule has 0 aromatic carbocycles. The maximum atomic E-state index is 13.4. The zero-order chi connectivity index (χ0) is 19.5. The van der Waals surface area contributed by atoms with Crippen LogP contribution in [0, 0.1) is 0 Å². The predicted octanol–water partition coefficient (Wildman–Crippen LogP) is 6.57. The number of alkyl halides is 3. The van der Waals surface area contributed by atoms with Crippen LogP contribution in [0.3, 0.4) is 0 Å². The molecule has 0 spiro atoms. The maximum absolute atomic E-state index is 13.4. The van der Waals surface area contributed by atoms with Gasteiger partial charge in [-0.15, -0.1) is 10.3 Å². The van der Waals surface area contributed by atoms with E-state index in [4.69, 9.17) is 3.63 Å². The summed E-state index contributed by atoms with van der Waals surface area (Å²) in [4.78, 5) is 0. The van der Waals surface area contributed by atoms with Crippen LogP contribution in [-0.4, -0.2) is 29.7 Å². The van der Waals surface area contributed by atoms with E-state index in [1.54, 1.807) is 0 Å². The molecule has 0 bridgehead atoms. The van der Waals surface area contributed by atoms with Crippen LogP contribution < -0.4 is 0 Å². The first kappa shape index (κ1) is 21.8. The molecule has 0 aromatic rings. The highest BCUT2D eigenvalue weighted by molar-refractivity contribution is 8.34. The molecule has 3 rings (SSSR count). The summed E-state index contributed by atoms with van der Waals surface area (Å²) in [5.41, 5.74) is -5.33. The monoisotopic (exact) mass is 430 g/mol. The van der Waals surface area contributed by atoms with Gasteiger partial charge in [0.05, 0.1) is 0 Å². The second-order valence-corrected chi connectivity index (χ2v) is 13.8. The molecule has 8 heteroatoms. The molecule has 0 aromatic heterocycles. The van der Waals surface area contributed by atoms with E-state index < -0.39 is 25.9 Å². The number of rotatable bonds is 5. The molecule has 3 aliphatic carbocycles. The van der Waals surface area contributed by atoms with E-state index in [1.165, 1.54) is 0 Å². The van der Waals surface area contributed by atoms with Crippen LogP contribution >= 0.6 is 10.3 Å². The smallest absolute Gasteiger partial charge is 0.212 e. The second kappa shape index (κ2) is 8.82. The molecule has 27 heavy (non-hydrogen) atoms. The first-order valence-electron chi connectivity index (χ1n) is 10.6. The molecule has 0 amide bonds. The largest absolute Gasteiger partial charge is 0.523 e.